The molecule has 0 saturated carbocycles. The first kappa shape index (κ1) is 19.9. The van der Waals surface area contributed by atoms with Crippen molar-refractivity contribution in [3.63, 3.8) is 0 Å². The Morgan fingerprint density at radius 1 is 0.724 bits per heavy atom. The Kier molecular flexibility index (Phi) is 6.84. The third-order valence-electron chi connectivity index (χ3n) is 4.27. The number of hydrogen-bond acceptors (Lipinski definition) is 3. The Morgan fingerprint density at radius 2 is 1.28 bits per heavy atom. The van der Waals surface area contributed by atoms with Crippen molar-refractivity contribution >= 4 is 29.0 Å². The molecule has 29 heavy (non-hydrogen) atoms. The van der Waals surface area contributed by atoms with Crippen LogP contribution in [0.4, 0.5) is 21.9 Å². The fourth-order valence-electron chi connectivity index (χ4n) is 2.83. The zero-order valence-corrected chi connectivity index (χ0v) is 16.1. The molecular weight excluding hydrogens is 366 g/mol. The fraction of sp³-hybridized carbons (Fsp3) is 0.130. The lowest BCUT2D eigenvalue weighted by Crippen LogP contribution is -2.19. The maximum absolute atomic E-state index is 12.2. The van der Waals surface area contributed by atoms with Crippen molar-refractivity contribution in [3.05, 3.63) is 84.4 Å². The molecule has 0 fully saturated rings. The summed E-state index contributed by atoms with van der Waals surface area (Å²) < 4.78 is 5.31. The molecule has 0 saturated heterocycles. The van der Waals surface area contributed by atoms with Crippen molar-refractivity contribution in [3.8, 4) is 5.75 Å². The molecule has 0 radical (unpaired) electrons. The molecule has 0 unspecified atom stereocenters. The Bertz CT molecular complexity index is 957. The predicted octanol–water partition coefficient (Wildman–Crippen LogP) is 4.91. The molecule has 0 aliphatic carbocycles. The molecule has 0 bridgehead atoms. The lowest BCUT2D eigenvalue weighted by atomic mass is 10.1. The van der Waals surface area contributed by atoms with E-state index >= 15 is 0 Å². The van der Waals surface area contributed by atoms with E-state index in [0.717, 1.165) is 11.3 Å². The second-order valence-corrected chi connectivity index (χ2v) is 6.38. The zero-order chi connectivity index (χ0) is 20.5. The summed E-state index contributed by atoms with van der Waals surface area (Å²) >= 11 is 0. The van der Waals surface area contributed by atoms with Crippen LogP contribution in [0.15, 0.2) is 78.9 Å². The number of methoxy groups -OCH3 is 1. The number of ether oxygens (including phenoxy) is 1. The topological polar surface area (TPSA) is 79.5 Å². The SMILES string of the molecule is COc1ccccc1CCC(=O)Nc1ccc(NC(=O)Nc2ccccc2)cc1. The number of hydrogen-bond donors (Lipinski definition) is 3. The number of nitrogens with one attached hydrogen (secondary N) is 3. The Hall–Kier alpha value is -3.80. The van der Waals surface area contributed by atoms with Crippen LogP contribution in [0, 0.1) is 0 Å². The second-order valence-electron chi connectivity index (χ2n) is 6.38. The summed E-state index contributed by atoms with van der Waals surface area (Å²) in [5.74, 6) is 0.697. The van der Waals surface area contributed by atoms with E-state index in [1.54, 1.807) is 31.4 Å². The number of urea groups is 1. The van der Waals surface area contributed by atoms with E-state index < -0.39 is 0 Å². The van der Waals surface area contributed by atoms with Gasteiger partial charge in [0.15, 0.2) is 0 Å². The van der Waals surface area contributed by atoms with Gasteiger partial charge in [0.2, 0.25) is 5.91 Å². The highest BCUT2D eigenvalue weighted by Gasteiger charge is 2.07. The monoisotopic (exact) mass is 389 g/mol. The molecule has 0 aliphatic heterocycles. The largest absolute Gasteiger partial charge is 0.496 e. The standard InChI is InChI=1S/C23H23N3O3/c1-29-21-10-6-5-7-17(21)11-16-22(27)24-19-12-14-20(15-13-19)26-23(28)25-18-8-3-2-4-9-18/h2-10,12-15H,11,16H2,1H3,(H,24,27)(H2,25,26,28). The van der Waals surface area contributed by atoms with E-state index in [4.69, 9.17) is 4.74 Å². The molecule has 0 atom stereocenters. The van der Waals surface area contributed by atoms with Gasteiger partial charge in [-0.25, -0.2) is 4.79 Å². The maximum atomic E-state index is 12.2. The van der Waals surface area contributed by atoms with Crippen LogP contribution in [0.3, 0.4) is 0 Å². The van der Waals surface area contributed by atoms with Crippen LogP contribution in [0.1, 0.15) is 12.0 Å². The first-order valence-corrected chi connectivity index (χ1v) is 9.29. The van der Waals surface area contributed by atoms with Crippen LogP contribution in [0.5, 0.6) is 5.75 Å². The van der Waals surface area contributed by atoms with Crippen LogP contribution in [0.2, 0.25) is 0 Å². The highest BCUT2D eigenvalue weighted by atomic mass is 16.5. The summed E-state index contributed by atoms with van der Waals surface area (Å²) in [5.41, 5.74) is 3.01. The van der Waals surface area contributed by atoms with Crippen LogP contribution in [-0.2, 0) is 11.2 Å². The zero-order valence-electron chi connectivity index (χ0n) is 16.1. The molecule has 148 valence electrons. The summed E-state index contributed by atoms with van der Waals surface area (Å²) in [7, 11) is 1.62. The van der Waals surface area contributed by atoms with Gasteiger partial charge < -0.3 is 20.7 Å². The van der Waals surface area contributed by atoms with Crippen LogP contribution in [-0.4, -0.2) is 19.0 Å². The first-order chi connectivity index (χ1) is 14.1. The second kappa shape index (κ2) is 9.94. The normalized spacial score (nSPS) is 10.1. The quantitative estimate of drug-likeness (QED) is 0.537. The summed E-state index contributed by atoms with van der Waals surface area (Å²) in [6.07, 6.45) is 0.939. The van der Waals surface area contributed by atoms with Crippen molar-refractivity contribution in [2.45, 2.75) is 12.8 Å². The summed E-state index contributed by atoms with van der Waals surface area (Å²) in [4.78, 5) is 24.2. The van der Waals surface area contributed by atoms with Gasteiger partial charge in [0.1, 0.15) is 5.75 Å². The molecule has 3 rings (SSSR count). The third-order valence-corrected chi connectivity index (χ3v) is 4.27. The number of carbonyl (C=O) groups is 2. The highest BCUT2D eigenvalue weighted by Crippen LogP contribution is 2.19. The van der Waals surface area contributed by atoms with E-state index in [0.29, 0.717) is 29.9 Å². The Labute approximate surface area is 169 Å². The minimum atomic E-state index is -0.329. The Balaban J connectivity index is 1.48. The molecule has 3 N–H and O–H groups in total. The number of aryl methyl sites for hydroxylation is 1. The number of para-hydroxylation sites is 2. The first-order valence-electron chi connectivity index (χ1n) is 9.29. The minimum absolute atomic E-state index is 0.0848. The summed E-state index contributed by atoms with van der Waals surface area (Å²) in [5, 5.41) is 8.36. The van der Waals surface area contributed by atoms with Gasteiger partial charge >= 0.3 is 6.03 Å². The molecule has 3 aromatic carbocycles. The van der Waals surface area contributed by atoms with Gasteiger partial charge in [0.25, 0.3) is 0 Å². The van der Waals surface area contributed by atoms with Gasteiger partial charge in [-0.3, -0.25) is 4.79 Å². The van der Waals surface area contributed by atoms with E-state index in [1.807, 2.05) is 54.6 Å². The van der Waals surface area contributed by atoms with Crippen molar-refractivity contribution in [2.75, 3.05) is 23.1 Å². The number of carbonyl (C=O) groups excluding carboxylic acids is 2. The molecule has 0 aliphatic rings. The van der Waals surface area contributed by atoms with Crippen molar-refractivity contribution < 1.29 is 14.3 Å². The average molecular weight is 389 g/mol. The molecule has 6 nitrogen and oxygen atoms in total. The fourth-order valence-corrected chi connectivity index (χ4v) is 2.83. The maximum Gasteiger partial charge on any atom is 0.323 e. The smallest absolute Gasteiger partial charge is 0.323 e. The van der Waals surface area contributed by atoms with Gasteiger partial charge in [-0.05, 0) is 54.4 Å². The summed E-state index contributed by atoms with van der Waals surface area (Å²) in [6, 6.07) is 23.5. The van der Waals surface area contributed by atoms with E-state index in [-0.39, 0.29) is 11.9 Å². The number of anilines is 3. The van der Waals surface area contributed by atoms with Gasteiger partial charge in [-0.2, -0.15) is 0 Å². The lowest BCUT2D eigenvalue weighted by Gasteiger charge is -2.10. The van der Waals surface area contributed by atoms with Crippen molar-refractivity contribution in [1.29, 1.82) is 0 Å². The minimum Gasteiger partial charge on any atom is -0.496 e. The van der Waals surface area contributed by atoms with Crippen LogP contribution < -0.4 is 20.7 Å². The number of benzene rings is 3. The molecule has 0 spiro atoms. The molecule has 3 amide bonds. The van der Waals surface area contributed by atoms with Gasteiger partial charge in [-0.15, -0.1) is 0 Å². The number of amides is 3. The molecule has 0 aromatic heterocycles. The van der Waals surface area contributed by atoms with E-state index in [2.05, 4.69) is 16.0 Å². The highest BCUT2D eigenvalue weighted by molar-refractivity contribution is 6.00. The molecular formula is C23H23N3O3. The summed E-state index contributed by atoms with van der Waals surface area (Å²) in [6.45, 7) is 0. The van der Waals surface area contributed by atoms with Crippen molar-refractivity contribution in [2.24, 2.45) is 0 Å². The Morgan fingerprint density at radius 3 is 1.93 bits per heavy atom. The van der Waals surface area contributed by atoms with Gasteiger partial charge in [-0.1, -0.05) is 36.4 Å². The predicted molar refractivity (Wildman–Crippen MR) is 115 cm³/mol. The lowest BCUT2D eigenvalue weighted by molar-refractivity contribution is -0.116. The van der Waals surface area contributed by atoms with Crippen molar-refractivity contribution in [1.82, 2.24) is 0 Å². The van der Waals surface area contributed by atoms with Gasteiger partial charge in [0, 0.05) is 23.5 Å². The average Bonchev–Trinajstić information content (AvgIpc) is 2.74. The number of rotatable bonds is 7. The van der Waals surface area contributed by atoms with E-state index in [1.165, 1.54) is 0 Å². The molecule has 0 heterocycles. The van der Waals surface area contributed by atoms with E-state index in [9.17, 15) is 9.59 Å². The van der Waals surface area contributed by atoms with Crippen LogP contribution in [0.25, 0.3) is 0 Å². The molecule has 6 heteroatoms. The van der Waals surface area contributed by atoms with Gasteiger partial charge in [0.05, 0.1) is 7.11 Å². The van der Waals surface area contributed by atoms with Crippen LogP contribution >= 0.6 is 0 Å². The third kappa shape index (κ3) is 6.10. The molecule has 3 aromatic rings.